The summed E-state index contributed by atoms with van der Waals surface area (Å²) in [7, 11) is 8.34. The van der Waals surface area contributed by atoms with Gasteiger partial charge in [-0.25, -0.2) is 0 Å². The van der Waals surface area contributed by atoms with E-state index in [1.165, 1.54) is 22.7 Å². The third-order valence-electron chi connectivity index (χ3n) is 5.50. The van der Waals surface area contributed by atoms with Crippen molar-refractivity contribution in [2.75, 3.05) is 80.5 Å². The second-order valence-electron chi connectivity index (χ2n) is 9.85. The first kappa shape index (κ1) is 49.7. The minimum absolute atomic E-state index is 0. The van der Waals surface area contributed by atoms with Gasteiger partial charge in [0.15, 0.2) is 0 Å². The van der Waals surface area contributed by atoms with Crippen LogP contribution in [0.4, 0.5) is 0 Å². The van der Waals surface area contributed by atoms with Gasteiger partial charge in [0.1, 0.15) is 0 Å². The fourth-order valence-electron chi connectivity index (χ4n) is 3.38. The Morgan fingerprint density at radius 1 is 0.609 bits per heavy atom. The predicted molar refractivity (Wildman–Crippen MR) is 178 cm³/mol. The maximum absolute atomic E-state index is 11.4. The first-order valence-electron chi connectivity index (χ1n) is 14.4. The van der Waals surface area contributed by atoms with Gasteiger partial charge in [-0.1, -0.05) is 48.5 Å². The standard InChI is InChI=1S/2C15H25N3O.2N3.2Ni/c2*1-18(2)12-6-11-16-9-5-10-17-13-14-7-3-4-8-15(14)19;2*1-3-2;;/h2*3-4,7-8,13,16,19H,5-6,9-12H2,1-2H3;;;;/q;;2*-1;2*+2/p-2. The van der Waals surface area contributed by atoms with Crippen molar-refractivity contribution in [1.29, 1.82) is 0 Å². The van der Waals surface area contributed by atoms with Crippen LogP contribution >= 0.6 is 0 Å². The normalized spacial score (nSPS) is 9.87. The van der Waals surface area contributed by atoms with Gasteiger partial charge in [0.25, 0.3) is 0 Å². The van der Waals surface area contributed by atoms with Crippen LogP contribution in [0.3, 0.4) is 0 Å². The number of nitrogens with zero attached hydrogens (tertiary/aromatic N) is 10. The second-order valence-corrected chi connectivity index (χ2v) is 9.85. The Labute approximate surface area is 294 Å². The van der Waals surface area contributed by atoms with Crippen molar-refractivity contribution in [2.24, 2.45) is 9.98 Å². The number of nitrogens with one attached hydrogen (secondary N) is 2. The first-order chi connectivity index (χ1) is 21.2. The van der Waals surface area contributed by atoms with Crippen molar-refractivity contribution in [3.05, 3.63) is 91.6 Å². The van der Waals surface area contributed by atoms with E-state index in [1.807, 2.05) is 12.1 Å². The van der Waals surface area contributed by atoms with E-state index in [0.29, 0.717) is 11.1 Å². The Morgan fingerprint density at radius 3 is 1.22 bits per heavy atom. The van der Waals surface area contributed by atoms with Gasteiger partial charge < -0.3 is 52.8 Å². The van der Waals surface area contributed by atoms with E-state index in [0.717, 1.165) is 65.2 Å². The van der Waals surface area contributed by atoms with Crippen LogP contribution in [0.1, 0.15) is 36.8 Å². The summed E-state index contributed by atoms with van der Waals surface area (Å²) in [5.41, 5.74) is 28.3. The average Bonchev–Trinajstić information content (AvgIpc) is 2.98. The molecule has 0 heterocycles. The molecule has 14 nitrogen and oxygen atoms in total. The van der Waals surface area contributed by atoms with Crippen LogP contribution in [0.2, 0.25) is 0 Å². The molecule has 0 saturated carbocycles. The van der Waals surface area contributed by atoms with Crippen molar-refractivity contribution in [2.45, 2.75) is 25.7 Å². The fourth-order valence-corrected chi connectivity index (χ4v) is 3.38. The van der Waals surface area contributed by atoms with E-state index in [1.54, 1.807) is 48.8 Å². The molecule has 0 saturated heterocycles. The monoisotopic (exact) mass is 724 g/mol. The molecule has 0 fully saturated rings. The summed E-state index contributed by atoms with van der Waals surface area (Å²) in [5, 5.41) is 29.6. The molecule has 2 rings (SSSR count). The van der Waals surface area contributed by atoms with Crippen molar-refractivity contribution < 1.29 is 43.2 Å². The molecule has 0 unspecified atom stereocenters. The Hall–Kier alpha value is -3.17. The molecule has 0 aliphatic rings. The van der Waals surface area contributed by atoms with Gasteiger partial charge in [-0.15, -0.1) is 11.5 Å². The van der Waals surface area contributed by atoms with Gasteiger partial charge in [0, 0.05) is 25.5 Å². The van der Waals surface area contributed by atoms with Crippen LogP contribution in [0.15, 0.2) is 58.5 Å². The van der Waals surface area contributed by atoms with Gasteiger partial charge in [-0.05, 0) is 104 Å². The van der Waals surface area contributed by atoms with Crippen LogP contribution < -0.4 is 20.8 Å². The molecule has 2 aromatic rings. The van der Waals surface area contributed by atoms with Crippen LogP contribution in [0.25, 0.3) is 31.9 Å². The third kappa shape index (κ3) is 35.3. The number of rotatable bonds is 18. The summed E-state index contributed by atoms with van der Waals surface area (Å²) >= 11 is 0. The molecule has 0 amide bonds. The fraction of sp³-hybridized carbons (Fsp3) is 0.533. The molecule has 2 aromatic carbocycles. The molecule has 0 spiro atoms. The van der Waals surface area contributed by atoms with Crippen LogP contribution in [-0.2, 0) is 33.0 Å². The number of hydrogen-bond acceptors (Lipinski definition) is 8. The van der Waals surface area contributed by atoms with E-state index in [4.69, 9.17) is 22.1 Å². The minimum Gasteiger partial charge on any atom is -0.872 e. The zero-order chi connectivity index (χ0) is 33.3. The summed E-state index contributed by atoms with van der Waals surface area (Å²) in [6.07, 6.45) is 7.68. The molecule has 2 N–H and O–H groups in total. The number of para-hydroxylation sites is 2. The Kier molecular flexibility index (Phi) is 41.1. The zero-order valence-electron chi connectivity index (χ0n) is 27.2. The molecule has 0 aliphatic carbocycles. The molecule has 0 aromatic heterocycles. The molecule has 46 heavy (non-hydrogen) atoms. The molecule has 0 bridgehead atoms. The number of aliphatic imine (C=N–C) groups is 2. The second kappa shape index (κ2) is 38.0. The van der Waals surface area contributed by atoms with Crippen molar-refractivity contribution in [3.8, 4) is 11.5 Å². The van der Waals surface area contributed by atoms with E-state index >= 15 is 0 Å². The molecular weight excluding hydrogens is 678 g/mol. The van der Waals surface area contributed by atoms with Gasteiger partial charge in [0.05, 0.1) is 0 Å². The molecule has 0 aliphatic heterocycles. The van der Waals surface area contributed by atoms with Crippen LogP contribution in [-0.4, -0.2) is 103 Å². The Balaban J connectivity index is -0.000000315. The predicted octanol–water partition coefficient (Wildman–Crippen LogP) is 3.95. The summed E-state index contributed by atoms with van der Waals surface area (Å²) in [4.78, 5) is 15.9. The van der Waals surface area contributed by atoms with Crippen molar-refractivity contribution >= 4 is 12.4 Å². The SMILES string of the molecule is CN(C)CCCNCCCN=Cc1ccccc1[O-].CN(C)CCCNCCCN=Cc1ccccc1[O-].[N-]=[N+]=[N-].[N-]=[N+]=[N-].[Ni+2].[Ni+2]. The first-order valence-corrected chi connectivity index (χ1v) is 14.4. The zero-order valence-corrected chi connectivity index (χ0v) is 29.2. The Morgan fingerprint density at radius 2 is 0.913 bits per heavy atom. The van der Waals surface area contributed by atoms with Crippen molar-refractivity contribution in [1.82, 2.24) is 20.4 Å². The molecule has 0 atom stereocenters. The number of benzene rings is 2. The average molecular weight is 726 g/mol. The van der Waals surface area contributed by atoms with E-state index in [-0.39, 0.29) is 44.5 Å². The third-order valence-corrected chi connectivity index (χ3v) is 5.50. The molecule has 260 valence electrons. The molecule has 0 radical (unpaired) electrons. The Bertz CT molecular complexity index is 1010. The summed E-state index contributed by atoms with van der Waals surface area (Å²) in [5.74, 6) is 0.0705. The van der Waals surface area contributed by atoms with Gasteiger partial charge in [0.2, 0.25) is 0 Å². The summed E-state index contributed by atoms with van der Waals surface area (Å²) in [6, 6.07) is 13.9. The van der Waals surface area contributed by atoms with Crippen LogP contribution in [0.5, 0.6) is 11.5 Å². The smallest absolute Gasteiger partial charge is 0.872 e. The van der Waals surface area contributed by atoms with Crippen LogP contribution in [0, 0.1) is 0 Å². The van der Waals surface area contributed by atoms with E-state index in [9.17, 15) is 10.2 Å². The maximum Gasteiger partial charge on any atom is 2.00 e. The topological polar surface area (TPSA) is 219 Å². The van der Waals surface area contributed by atoms with E-state index < -0.39 is 0 Å². The number of hydrogen-bond donors (Lipinski definition) is 2. The summed E-state index contributed by atoms with van der Waals surface area (Å²) < 4.78 is 0. The minimum atomic E-state index is 0. The van der Waals surface area contributed by atoms with E-state index in [2.05, 4.69) is 58.6 Å². The van der Waals surface area contributed by atoms with Gasteiger partial charge in [-0.2, -0.15) is 0 Å². The van der Waals surface area contributed by atoms with Gasteiger partial charge >= 0.3 is 33.0 Å². The largest absolute Gasteiger partial charge is 2.00 e. The quantitative estimate of drug-likeness (QED) is 0.0578. The summed E-state index contributed by atoms with van der Waals surface area (Å²) in [6.45, 7) is 7.80. The molecular formula is C30H48N12Ni2O2. The van der Waals surface area contributed by atoms with Gasteiger partial charge in [-0.3, -0.25) is 19.8 Å². The maximum atomic E-state index is 11.4. The van der Waals surface area contributed by atoms with Crippen molar-refractivity contribution in [3.63, 3.8) is 0 Å². The molecule has 16 heteroatoms.